The molecule has 0 radical (unpaired) electrons. The average Bonchev–Trinajstić information content (AvgIpc) is 2.33. The molecule has 0 fully saturated rings. The zero-order chi connectivity index (χ0) is 12.5. The summed E-state index contributed by atoms with van der Waals surface area (Å²) in [4.78, 5) is 11.1. The van der Waals surface area contributed by atoms with Crippen molar-refractivity contribution in [2.45, 2.75) is 33.1 Å². The van der Waals surface area contributed by atoms with Gasteiger partial charge in [-0.05, 0) is 25.5 Å². The summed E-state index contributed by atoms with van der Waals surface area (Å²) < 4.78 is 0. The van der Waals surface area contributed by atoms with Crippen LogP contribution >= 0.6 is 0 Å². The van der Waals surface area contributed by atoms with Gasteiger partial charge in [0.25, 0.3) is 0 Å². The van der Waals surface area contributed by atoms with Crippen LogP contribution in [-0.4, -0.2) is 5.78 Å². The summed E-state index contributed by atoms with van der Waals surface area (Å²) in [7, 11) is 0. The van der Waals surface area contributed by atoms with Crippen LogP contribution in [0.1, 0.15) is 38.7 Å². The molecule has 0 aromatic heterocycles. The van der Waals surface area contributed by atoms with Crippen LogP contribution in [0.2, 0.25) is 0 Å². The number of carbonyl (C=O) groups excluding carboxylic acids is 1. The Labute approximate surface area is 104 Å². The fourth-order valence-corrected chi connectivity index (χ4v) is 1.43. The number of hydrogen-bond acceptors (Lipinski definition) is 1. The van der Waals surface area contributed by atoms with E-state index in [1.807, 2.05) is 30.3 Å². The number of carbonyl (C=O) groups is 1. The van der Waals surface area contributed by atoms with Crippen LogP contribution in [0, 0.1) is 11.8 Å². The molecule has 1 aromatic rings. The number of allylic oxidation sites excluding steroid dienone is 2. The normalized spacial score (nSPS) is 10.6. The second-order valence-electron chi connectivity index (χ2n) is 4.01. The van der Waals surface area contributed by atoms with E-state index in [1.165, 1.54) is 0 Å². The maximum atomic E-state index is 11.1. The highest BCUT2D eigenvalue weighted by molar-refractivity contribution is 5.79. The summed E-state index contributed by atoms with van der Waals surface area (Å²) in [6.07, 6.45) is 4.57. The lowest BCUT2D eigenvalue weighted by Gasteiger charge is -1.96. The van der Waals surface area contributed by atoms with Crippen LogP contribution in [0.4, 0.5) is 0 Å². The van der Waals surface area contributed by atoms with Gasteiger partial charge in [-0.15, -0.1) is 0 Å². The lowest BCUT2D eigenvalue weighted by atomic mass is 10.1. The quantitative estimate of drug-likeness (QED) is 0.715. The van der Waals surface area contributed by atoms with Crippen molar-refractivity contribution in [3.63, 3.8) is 0 Å². The van der Waals surface area contributed by atoms with Gasteiger partial charge in [-0.25, -0.2) is 0 Å². The Hall–Kier alpha value is -1.81. The molecule has 0 spiro atoms. The summed E-state index contributed by atoms with van der Waals surface area (Å²) in [5.41, 5.74) is 1.92. The van der Waals surface area contributed by atoms with E-state index in [4.69, 9.17) is 0 Å². The van der Waals surface area contributed by atoms with Crippen LogP contribution in [0.5, 0.6) is 0 Å². The summed E-state index contributed by atoms with van der Waals surface area (Å²) in [5, 5.41) is 0. The zero-order valence-electron chi connectivity index (χ0n) is 10.5. The molecule has 1 rings (SSSR count). The van der Waals surface area contributed by atoms with E-state index in [1.54, 1.807) is 6.92 Å². The van der Waals surface area contributed by atoms with Gasteiger partial charge in [0.1, 0.15) is 5.78 Å². The second-order valence-corrected chi connectivity index (χ2v) is 4.01. The van der Waals surface area contributed by atoms with Crippen molar-refractivity contribution in [1.82, 2.24) is 0 Å². The topological polar surface area (TPSA) is 17.1 Å². The third-order valence-corrected chi connectivity index (χ3v) is 2.26. The molecule has 1 aromatic carbocycles. The minimum atomic E-state index is 0.162. The number of unbranched alkanes of at least 4 members (excludes halogenated alkanes) is 1. The minimum absolute atomic E-state index is 0.162. The first-order chi connectivity index (χ1) is 8.22. The van der Waals surface area contributed by atoms with Gasteiger partial charge in [0.15, 0.2) is 0 Å². The predicted octanol–water partition coefficient (Wildman–Crippen LogP) is 3.74. The molecule has 0 atom stereocenters. The Balaban J connectivity index is 2.79. The number of benzene rings is 1. The lowest BCUT2D eigenvalue weighted by Crippen LogP contribution is -1.92. The average molecular weight is 226 g/mol. The van der Waals surface area contributed by atoms with Crippen molar-refractivity contribution in [1.29, 1.82) is 0 Å². The largest absolute Gasteiger partial charge is 0.300 e. The number of ketones is 1. The van der Waals surface area contributed by atoms with E-state index in [9.17, 15) is 4.79 Å². The van der Waals surface area contributed by atoms with Crippen LogP contribution in [0.25, 0.3) is 0 Å². The summed E-state index contributed by atoms with van der Waals surface area (Å²) in [6, 6.07) is 9.83. The van der Waals surface area contributed by atoms with Gasteiger partial charge in [0, 0.05) is 17.6 Å². The van der Waals surface area contributed by atoms with Gasteiger partial charge >= 0.3 is 0 Å². The summed E-state index contributed by atoms with van der Waals surface area (Å²) in [5.74, 6) is 6.34. The molecule has 0 aliphatic rings. The molecule has 17 heavy (non-hydrogen) atoms. The van der Waals surface area contributed by atoms with E-state index >= 15 is 0 Å². The number of rotatable bonds is 4. The van der Waals surface area contributed by atoms with Crippen molar-refractivity contribution in [2.24, 2.45) is 0 Å². The SMILES string of the molecule is CCC/C=C(\C#Cc1ccccc1)CC(C)=O. The first-order valence-corrected chi connectivity index (χ1v) is 5.98. The maximum Gasteiger partial charge on any atom is 0.134 e. The Kier molecular flexibility index (Phi) is 5.82. The molecule has 1 nitrogen and oxygen atoms in total. The van der Waals surface area contributed by atoms with E-state index < -0.39 is 0 Å². The summed E-state index contributed by atoms with van der Waals surface area (Å²) in [6.45, 7) is 3.72. The first-order valence-electron chi connectivity index (χ1n) is 5.98. The highest BCUT2D eigenvalue weighted by Crippen LogP contribution is 2.05. The smallest absolute Gasteiger partial charge is 0.134 e. The molecular formula is C16H18O. The zero-order valence-corrected chi connectivity index (χ0v) is 10.5. The van der Waals surface area contributed by atoms with E-state index in [2.05, 4.69) is 24.8 Å². The first kappa shape index (κ1) is 13.3. The third kappa shape index (κ3) is 5.73. The van der Waals surface area contributed by atoms with Gasteiger partial charge in [0.2, 0.25) is 0 Å². The predicted molar refractivity (Wildman–Crippen MR) is 71.6 cm³/mol. The van der Waals surface area contributed by atoms with Crippen molar-refractivity contribution in [2.75, 3.05) is 0 Å². The van der Waals surface area contributed by atoms with Gasteiger partial charge in [-0.3, -0.25) is 4.79 Å². The maximum absolute atomic E-state index is 11.1. The molecule has 0 saturated carbocycles. The molecule has 0 aliphatic heterocycles. The molecular weight excluding hydrogens is 208 g/mol. The van der Waals surface area contributed by atoms with Crippen molar-refractivity contribution in [3.8, 4) is 11.8 Å². The van der Waals surface area contributed by atoms with E-state index in [0.29, 0.717) is 6.42 Å². The molecule has 0 N–H and O–H groups in total. The fourth-order valence-electron chi connectivity index (χ4n) is 1.43. The Morgan fingerprint density at radius 3 is 2.59 bits per heavy atom. The molecule has 88 valence electrons. The molecule has 0 bridgehead atoms. The van der Waals surface area contributed by atoms with Crippen LogP contribution < -0.4 is 0 Å². The Bertz CT molecular complexity index is 443. The molecule has 0 amide bonds. The van der Waals surface area contributed by atoms with Crippen molar-refractivity contribution < 1.29 is 4.79 Å². The van der Waals surface area contributed by atoms with Crippen molar-refractivity contribution in [3.05, 3.63) is 47.5 Å². The van der Waals surface area contributed by atoms with Gasteiger partial charge < -0.3 is 0 Å². The van der Waals surface area contributed by atoms with Crippen LogP contribution in [-0.2, 0) is 4.79 Å². The monoisotopic (exact) mass is 226 g/mol. The standard InChI is InChI=1S/C16H18O/c1-3-4-8-16(13-14(2)17)12-11-15-9-6-5-7-10-15/h5-10H,3-4,13H2,1-2H3/b16-8+. The number of hydrogen-bond donors (Lipinski definition) is 0. The van der Waals surface area contributed by atoms with Crippen molar-refractivity contribution >= 4 is 5.78 Å². The highest BCUT2D eigenvalue weighted by atomic mass is 16.1. The van der Waals surface area contributed by atoms with E-state index in [-0.39, 0.29) is 5.78 Å². The Morgan fingerprint density at radius 1 is 1.29 bits per heavy atom. The van der Waals surface area contributed by atoms with Gasteiger partial charge in [0.05, 0.1) is 0 Å². The van der Waals surface area contributed by atoms with Crippen LogP contribution in [0.15, 0.2) is 42.0 Å². The molecule has 0 saturated heterocycles. The second kappa shape index (κ2) is 7.46. The van der Waals surface area contributed by atoms with Gasteiger partial charge in [-0.1, -0.05) is 49.5 Å². The third-order valence-electron chi connectivity index (χ3n) is 2.26. The van der Waals surface area contributed by atoms with Crippen LogP contribution in [0.3, 0.4) is 0 Å². The number of Topliss-reactive ketones (excluding diaryl/α,β-unsaturated/α-hetero) is 1. The summed E-state index contributed by atoms with van der Waals surface area (Å²) >= 11 is 0. The minimum Gasteiger partial charge on any atom is -0.300 e. The van der Waals surface area contributed by atoms with E-state index in [0.717, 1.165) is 24.0 Å². The van der Waals surface area contributed by atoms with Gasteiger partial charge in [-0.2, -0.15) is 0 Å². The fraction of sp³-hybridized carbons (Fsp3) is 0.312. The highest BCUT2D eigenvalue weighted by Gasteiger charge is 1.97. The molecule has 0 aliphatic carbocycles. The molecule has 0 unspecified atom stereocenters. The molecule has 1 heteroatoms. The Morgan fingerprint density at radius 2 is 2.00 bits per heavy atom. The lowest BCUT2D eigenvalue weighted by molar-refractivity contribution is -0.116. The molecule has 0 heterocycles.